The summed E-state index contributed by atoms with van der Waals surface area (Å²) in [4.78, 5) is 22.4. The van der Waals surface area contributed by atoms with Crippen molar-refractivity contribution in [3.05, 3.63) is 82.2 Å². The summed E-state index contributed by atoms with van der Waals surface area (Å²) in [5, 5.41) is 16.2. The zero-order valence-corrected chi connectivity index (χ0v) is 14.5. The summed E-state index contributed by atoms with van der Waals surface area (Å²) in [7, 11) is 0. The summed E-state index contributed by atoms with van der Waals surface area (Å²) in [6.45, 7) is 10.1. The summed E-state index contributed by atoms with van der Waals surface area (Å²) < 4.78 is 0. The lowest BCUT2D eigenvalue weighted by Gasteiger charge is -2.19. The average Bonchev–Trinajstić information content (AvgIpc) is 2.54. The van der Waals surface area contributed by atoms with Gasteiger partial charge in [-0.15, -0.1) is 0 Å². The summed E-state index contributed by atoms with van der Waals surface area (Å²) >= 11 is 0. The Kier molecular flexibility index (Phi) is 5.22. The Hall–Kier alpha value is -3.15. The van der Waals surface area contributed by atoms with Gasteiger partial charge in [-0.2, -0.15) is 0 Å². The van der Waals surface area contributed by atoms with Crippen LogP contribution >= 0.6 is 0 Å². The Morgan fingerprint density at radius 2 is 1.60 bits per heavy atom. The summed E-state index contributed by atoms with van der Waals surface area (Å²) in [5.41, 5.74) is 2.29. The van der Waals surface area contributed by atoms with Gasteiger partial charge in [-0.3, -0.25) is 14.9 Å². The number of anilines is 1. The number of carbonyl (C=O) groups excluding carboxylic acids is 1. The maximum atomic E-state index is 12.2. The van der Waals surface area contributed by atoms with Crippen LogP contribution in [-0.2, 0) is 5.41 Å². The molecule has 0 saturated heterocycles. The highest BCUT2D eigenvalue weighted by atomic mass is 16.6. The van der Waals surface area contributed by atoms with E-state index < -0.39 is 4.92 Å². The minimum absolute atomic E-state index is 0.000800. The van der Waals surface area contributed by atoms with Gasteiger partial charge in [0.05, 0.1) is 4.92 Å². The molecule has 6 nitrogen and oxygen atoms in total. The largest absolute Gasteiger partial charge is 0.342 e. The van der Waals surface area contributed by atoms with Crippen molar-refractivity contribution >= 4 is 17.3 Å². The van der Waals surface area contributed by atoms with E-state index in [1.165, 1.54) is 12.1 Å². The number of nitrogens with one attached hydrogen (secondary N) is 2. The molecule has 2 aromatic rings. The minimum atomic E-state index is -0.471. The lowest BCUT2D eigenvalue weighted by Crippen LogP contribution is -2.26. The standard InChI is InChI=1S/C19H21N3O3/c1-13(20-16-9-11-17(12-10-16)22(24)25)21-18(23)14-5-7-15(8-6-14)19(2,3)4/h5-12,20H,1H2,2-4H3,(H,21,23). The molecule has 6 heteroatoms. The monoisotopic (exact) mass is 339 g/mol. The van der Waals surface area contributed by atoms with Crippen LogP contribution in [0.15, 0.2) is 60.9 Å². The first-order chi connectivity index (χ1) is 11.7. The van der Waals surface area contributed by atoms with Gasteiger partial charge in [0.15, 0.2) is 0 Å². The molecule has 130 valence electrons. The number of nitro groups is 1. The second-order valence-corrected chi connectivity index (χ2v) is 6.69. The van der Waals surface area contributed by atoms with Crippen LogP contribution in [0.2, 0.25) is 0 Å². The number of nitro benzene ring substituents is 1. The van der Waals surface area contributed by atoms with Crippen LogP contribution in [0.25, 0.3) is 0 Å². The Morgan fingerprint density at radius 3 is 2.08 bits per heavy atom. The highest BCUT2D eigenvalue weighted by Crippen LogP contribution is 2.22. The fraction of sp³-hybridized carbons (Fsp3) is 0.211. The molecule has 0 spiro atoms. The first-order valence-electron chi connectivity index (χ1n) is 7.79. The number of nitrogens with zero attached hydrogens (tertiary/aromatic N) is 1. The van der Waals surface area contributed by atoms with Crippen LogP contribution in [0.5, 0.6) is 0 Å². The molecule has 0 atom stereocenters. The third-order valence-electron chi connectivity index (χ3n) is 3.65. The van der Waals surface area contributed by atoms with E-state index in [9.17, 15) is 14.9 Å². The van der Waals surface area contributed by atoms with E-state index in [-0.39, 0.29) is 17.0 Å². The van der Waals surface area contributed by atoms with Gasteiger partial charge in [0.25, 0.3) is 11.6 Å². The third-order valence-corrected chi connectivity index (χ3v) is 3.65. The van der Waals surface area contributed by atoms with Gasteiger partial charge in [0, 0.05) is 23.4 Å². The molecule has 0 aromatic heterocycles. The lowest BCUT2D eigenvalue weighted by molar-refractivity contribution is -0.384. The van der Waals surface area contributed by atoms with Crippen LogP contribution in [0.4, 0.5) is 11.4 Å². The van der Waals surface area contributed by atoms with E-state index in [4.69, 9.17) is 0 Å². The predicted octanol–water partition coefficient (Wildman–Crippen LogP) is 4.21. The average molecular weight is 339 g/mol. The molecule has 2 rings (SSSR count). The molecule has 0 radical (unpaired) electrons. The van der Waals surface area contributed by atoms with Crippen molar-refractivity contribution in [3.63, 3.8) is 0 Å². The molecule has 0 bridgehead atoms. The molecule has 0 aliphatic heterocycles. The van der Waals surface area contributed by atoms with Crippen molar-refractivity contribution in [1.82, 2.24) is 5.32 Å². The Bertz CT molecular complexity index is 788. The third kappa shape index (κ3) is 4.91. The van der Waals surface area contributed by atoms with Gasteiger partial charge < -0.3 is 10.6 Å². The second kappa shape index (κ2) is 7.17. The quantitative estimate of drug-likeness (QED) is 0.631. The van der Waals surface area contributed by atoms with Crippen molar-refractivity contribution in [1.29, 1.82) is 0 Å². The van der Waals surface area contributed by atoms with Crippen LogP contribution < -0.4 is 10.6 Å². The second-order valence-electron chi connectivity index (χ2n) is 6.69. The smallest absolute Gasteiger partial charge is 0.269 e. The number of hydrogen-bond donors (Lipinski definition) is 2. The molecular formula is C19H21N3O3. The fourth-order valence-corrected chi connectivity index (χ4v) is 2.20. The molecule has 0 aliphatic carbocycles. The predicted molar refractivity (Wildman–Crippen MR) is 98.5 cm³/mol. The van der Waals surface area contributed by atoms with Gasteiger partial charge in [-0.05, 0) is 35.2 Å². The normalized spacial score (nSPS) is 10.8. The van der Waals surface area contributed by atoms with Gasteiger partial charge in [-0.25, -0.2) is 0 Å². The molecule has 2 aromatic carbocycles. The summed E-state index contributed by atoms with van der Waals surface area (Å²) in [6.07, 6.45) is 0. The maximum Gasteiger partial charge on any atom is 0.269 e. The zero-order valence-electron chi connectivity index (χ0n) is 14.5. The number of benzene rings is 2. The highest BCUT2D eigenvalue weighted by Gasteiger charge is 2.14. The zero-order chi connectivity index (χ0) is 18.6. The van der Waals surface area contributed by atoms with E-state index in [2.05, 4.69) is 38.0 Å². The number of hydrogen-bond acceptors (Lipinski definition) is 4. The van der Waals surface area contributed by atoms with Crippen molar-refractivity contribution in [2.24, 2.45) is 0 Å². The van der Waals surface area contributed by atoms with E-state index in [1.807, 2.05) is 12.1 Å². The maximum absolute atomic E-state index is 12.2. The lowest BCUT2D eigenvalue weighted by atomic mass is 9.87. The topological polar surface area (TPSA) is 84.3 Å². The summed E-state index contributed by atoms with van der Waals surface area (Å²) in [5.74, 6) is 0.0126. The molecule has 25 heavy (non-hydrogen) atoms. The van der Waals surface area contributed by atoms with Gasteiger partial charge in [0.2, 0.25) is 0 Å². The van der Waals surface area contributed by atoms with Crippen molar-refractivity contribution < 1.29 is 9.72 Å². The van der Waals surface area contributed by atoms with Crippen LogP contribution in [0.3, 0.4) is 0 Å². The van der Waals surface area contributed by atoms with E-state index in [0.29, 0.717) is 17.1 Å². The Labute approximate surface area is 146 Å². The Morgan fingerprint density at radius 1 is 1.04 bits per heavy atom. The number of non-ortho nitro benzene ring substituents is 1. The van der Waals surface area contributed by atoms with E-state index in [1.54, 1.807) is 24.3 Å². The SMILES string of the molecule is C=C(NC(=O)c1ccc(C(C)(C)C)cc1)Nc1ccc([N+](=O)[O-])cc1. The first-order valence-corrected chi connectivity index (χ1v) is 7.79. The molecule has 0 heterocycles. The van der Waals surface area contributed by atoms with Gasteiger partial charge >= 0.3 is 0 Å². The summed E-state index contributed by atoms with van der Waals surface area (Å²) in [6, 6.07) is 13.3. The fourth-order valence-electron chi connectivity index (χ4n) is 2.20. The van der Waals surface area contributed by atoms with E-state index >= 15 is 0 Å². The van der Waals surface area contributed by atoms with Crippen molar-refractivity contribution in [3.8, 4) is 0 Å². The van der Waals surface area contributed by atoms with Crippen LogP contribution in [0, 0.1) is 10.1 Å². The van der Waals surface area contributed by atoms with E-state index in [0.717, 1.165) is 5.56 Å². The Balaban J connectivity index is 1.97. The molecule has 1 amide bonds. The van der Waals surface area contributed by atoms with Crippen LogP contribution in [0.1, 0.15) is 36.7 Å². The number of rotatable bonds is 5. The number of amides is 1. The molecule has 0 aliphatic rings. The molecule has 0 unspecified atom stereocenters. The molecule has 0 saturated carbocycles. The minimum Gasteiger partial charge on any atom is -0.342 e. The van der Waals surface area contributed by atoms with Gasteiger partial charge in [-0.1, -0.05) is 39.5 Å². The van der Waals surface area contributed by atoms with Crippen molar-refractivity contribution in [2.75, 3.05) is 5.32 Å². The molecule has 2 N–H and O–H groups in total. The first kappa shape index (κ1) is 18.2. The van der Waals surface area contributed by atoms with Crippen LogP contribution in [-0.4, -0.2) is 10.8 Å². The van der Waals surface area contributed by atoms with Crippen molar-refractivity contribution in [2.45, 2.75) is 26.2 Å². The highest BCUT2D eigenvalue weighted by molar-refractivity contribution is 5.95. The molecular weight excluding hydrogens is 318 g/mol. The van der Waals surface area contributed by atoms with Gasteiger partial charge in [0.1, 0.15) is 5.82 Å². The molecule has 0 fully saturated rings. The number of carbonyl (C=O) groups is 1.